The number of rotatable bonds is 1. The summed E-state index contributed by atoms with van der Waals surface area (Å²) >= 11 is 13.5. The summed E-state index contributed by atoms with van der Waals surface area (Å²) in [5, 5.41) is 13.5. The second-order valence-corrected chi connectivity index (χ2v) is 7.24. The van der Waals surface area contributed by atoms with E-state index in [0.29, 0.717) is 39.4 Å². The number of hydrogen-bond acceptors (Lipinski definition) is 6. The summed E-state index contributed by atoms with van der Waals surface area (Å²) in [4.78, 5) is 20.0. The molecule has 0 aliphatic carbocycles. The molecule has 3 heterocycles. The van der Waals surface area contributed by atoms with Crippen LogP contribution in [0.2, 0.25) is 10.0 Å². The van der Waals surface area contributed by atoms with Gasteiger partial charge in [-0.05, 0) is 12.1 Å². The van der Waals surface area contributed by atoms with Gasteiger partial charge in [0.1, 0.15) is 6.07 Å². The molecule has 1 aliphatic rings. The van der Waals surface area contributed by atoms with E-state index in [1.54, 1.807) is 12.1 Å². The highest BCUT2D eigenvalue weighted by molar-refractivity contribution is 7.23. The first-order chi connectivity index (χ1) is 11.6. The van der Waals surface area contributed by atoms with Crippen LogP contribution in [0.25, 0.3) is 15.2 Å². The van der Waals surface area contributed by atoms with E-state index in [-0.39, 0.29) is 11.1 Å². The fourth-order valence-corrected chi connectivity index (χ4v) is 4.27. The van der Waals surface area contributed by atoms with Gasteiger partial charge in [-0.25, -0.2) is 9.38 Å². The van der Waals surface area contributed by atoms with Crippen molar-refractivity contribution >= 4 is 55.5 Å². The lowest BCUT2D eigenvalue weighted by Gasteiger charge is -2.28. The smallest absolute Gasteiger partial charge is 0.279 e. The van der Waals surface area contributed by atoms with Gasteiger partial charge in [-0.2, -0.15) is 5.26 Å². The van der Waals surface area contributed by atoms with Crippen molar-refractivity contribution in [1.29, 1.82) is 5.26 Å². The topological polar surface area (TPSA) is 73.4 Å². The van der Waals surface area contributed by atoms with Gasteiger partial charge >= 0.3 is 0 Å². The summed E-state index contributed by atoms with van der Waals surface area (Å²) in [6.45, 7) is 3.01. The lowest BCUT2D eigenvalue weighted by atomic mass is 10.2. The van der Waals surface area contributed by atoms with Crippen LogP contribution in [-0.2, 0) is 0 Å². The molecule has 4 rings (SSSR count). The molecule has 6 nitrogen and oxygen atoms in total. The first-order valence-corrected chi connectivity index (χ1v) is 8.87. The third-order valence-electron chi connectivity index (χ3n) is 4.01. The van der Waals surface area contributed by atoms with Crippen LogP contribution in [-0.4, -0.2) is 35.6 Å². The van der Waals surface area contributed by atoms with Crippen molar-refractivity contribution in [2.45, 2.75) is 0 Å². The fraction of sp³-hybridized carbons (Fsp3) is 0.267. The van der Waals surface area contributed by atoms with E-state index in [9.17, 15) is 10.1 Å². The average Bonchev–Trinajstić information content (AvgIpc) is 2.93. The molecule has 122 valence electrons. The van der Waals surface area contributed by atoms with Crippen LogP contribution in [0.1, 0.15) is 5.56 Å². The number of thiazole rings is 1. The zero-order chi connectivity index (χ0) is 16.8. The van der Waals surface area contributed by atoms with Crippen LogP contribution in [0.3, 0.4) is 0 Å². The highest BCUT2D eigenvalue weighted by Gasteiger charge is 2.22. The molecular weight excluding hydrogens is 369 g/mol. The van der Waals surface area contributed by atoms with Gasteiger partial charge in [-0.1, -0.05) is 34.5 Å². The minimum atomic E-state index is -0.374. The van der Waals surface area contributed by atoms with Crippen LogP contribution >= 0.6 is 34.5 Å². The van der Waals surface area contributed by atoms with Crippen molar-refractivity contribution in [1.82, 2.24) is 14.7 Å². The summed E-state index contributed by atoms with van der Waals surface area (Å²) in [5.41, 5.74) is 0.297. The number of halogens is 2. The molecule has 2 aromatic heterocycles. The normalized spacial score (nSPS) is 15.1. The van der Waals surface area contributed by atoms with Crippen molar-refractivity contribution in [3.05, 3.63) is 38.1 Å². The maximum Gasteiger partial charge on any atom is 0.279 e. The average molecular weight is 380 g/mol. The van der Waals surface area contributed by atoms with E-state index in [4.69, 9.17) is 23.2 Å². The Hall–Kier alpha value is -1.85. The molecule has 0 amide bonds. The van der Waals surface area contributed by atoms with Gasteiger partial charge < -0.3 is 10.2 Å². The molecular formula is C15H11Cl2N5OS. The molecule has 9 heteroatoms. The summed E-state index contributed by atoms with van der Waals surface area (Å²) in [7, 11) is 0. The van der Waals surface area contributed by atoms with E-state index in [1.807, 2.05) is 11.0 Å². The number of nitriles is 1. The Kier molecular flexibility index (Phi) is 3.85. The third-order valence-corrected chi connectivity index (χ3v) is 5.73. The molecule has 3 aromatic rings. The molecule has 1 saturated heterocycles. The summed E-state index contributed by atoms with van der Waals surface area (Å²) < 4.78 is 2.24. The Morgan fingerprint density at radius 1 is 1.25 bits per heavy atom. The Labute approximate surface area is 150 Å². The number of piperazine rings is 1. The number of aromatic nitrogens is 2. The number of benzene rings is 1. The van der Waals surface area contributed by atoms with Crippen molar-refractivity contribution in [2.24, 2.45) is 0 Å². The Morgan fingerprint density at radius 3 is 2.67 bits per heavy atom. The molecule has 1 aromatic carbocycles. The van der Waals surface area contributed by atoms with E-state index >= 15 is 0 Å². The largest absolute Gasteiger partial charge is 0.353 e. The van der Waals surface area contributed by atoms with Crippen molar-refractivity contribution < 1.29 is 0 Å². The molecule has 0 radical (unpaired) electrons. The Balaban J connectivity index is 2.05. The minimum absolute atomic E-state index is 0.0557. The maximum atomic E-state index is 12.9. The van der Waals surface area contributed by atoms with Gasteiger partial charge in [-0.3, -0.25) is 4.79 Å². The molecule has 1 N–H and O–H groups in total. The molecule has 0 spiro atoms. The van der Waals surface area contributed by atoms with E-state index in [0.717, 1.165) is 17.8 Å². The van der Waals surface area contributed by atoms with Gasteiger partial charge in [0.15, 0.2) is 16.3 Å². The third kappa shape index (κ3) is 2.34. The van der Waals surface area contributed by atoms with E-state index in [2.05, 4.69) is 10.3 Å². The Morgan fingerprint density at radius 2 is 1.96 bits per heavy atom. The van der Waals surface area contributed by atoms with Crippen LogP contribution < -0.4 is 15.8 Å². The van der Waals surface area contributed by atoms with Crippen LogP contribution in [0, 0.1) is 11.3 Å². The molecule has 0 bridgehead atoms. The zero-order valence-electron chi connectivity index (χ0n) is 12.3. The standard InChI is InChI=1S/C15H11Cl2N5OS/c16-9-5-11-12(6-10(9)17)24-15-20-13(21-3-1-19-2-4-21)8(7-18)14(23)22(11)15/h5-6,19H,1-4H2. The molecule has 1 fully saturated rings. The molecule has 0 atom stereocenters. The second kappa shape index (κ2) is 5.90. The zero-order valence-corrected chi connectivity index (χ0v) is 14.7. The van der Waals surface area contributed by atoms with Gasteiger partial charge in [0.25, 0.3) is 5.56 Å². The minimum Gasteiger partial charge on any atom is -0.353 e. The highest BCUT2D eigenvalue weighted by atomic mass is 35.5. The predicted octanol–water partition coefficient (Wildman–Crippen LogP) is 2.50. The number of anilines is 1. The quantitative estimate of drug-likeness (QED) is 0.702. The van der Waals surface area contributed by atoms with Gasteiger partial charge in [-0.15, -0.1) is 0 Å². The van der Waals surface area contributed by atoms with Crippen molar-refractivity contribution in [2.75, 3.05) is 31.1 Å². The maximum absolute atomic E-state index is 12.9. The van der Waals surface area contributed by atoms with Crippen LogP contribution in [0.15, 0.2) is 16.9 Å². The van der Waals surface area contributed by atoms with Crippen molar-refractivity contribution in [3.63, 3.8) is 0 Å². The summed E-state index contributed by atoms with van der Waals surface area (Å²) in [6.07, 6.45) is 0. The van der Waals surface area contributed by atoms with Crippen LogP contribution in [0.5, 0.6) is 0 Å². The van der Waals surface area contributed by atoms with E-state index in [1.165, 1.54) is 15.7 Å². The highest BCUT2D eigenvalue weighted by Crippen LogP contribution is 2.33. The Bertz CT molecular complexity index is 1060. The SMILES string of the molecule is N#Cc1c(N2CCNCC2)nc2sc3cc(Cl)c(Cl)cc3n2c1=O. The van der Waals surface area contributed by atoms with E-state index < -0.39 is 0 Å². The van der Waals surface area contributed by atoms with Crippen LogP contribution in [0.4, 0.5) is 5.82 Å². The van der Waals surface area contributed by atoms with Gasteiger partial charge in [0.2, 0.25) is 0 Å². The number of nitrogens with one attached hydrogen (secondary N) is 1. The number of hydrogen-bond donors (Lipinski definition) is 1. The lowest BCUT2D eigenvalue weighted by Crippen LogP contribution is -2.44. The molecule has 0 saturated carbocycles. The molecule has 24 heavy (non-hydrogen) atoms. The fourth-order valence-electron chi connectivity index (χ4n) is 2.85. The molecule has 1 aliphatic heterocycles. The summed E-state index contributed by atoms with van der Waals surface area (Å²) in [5.74, 6) is 0.452. The van der Waals surface area contributed by atoms with Gasteiger partial charge in [0, 0.05) is 26.2 Å². The first-order valence-electron chi connectivity index (χ1n) is 7.30. The van der Waals surface area contributed by atoms with Crippen molar-refractivity contribution in [3.8, 4) is 6.07 Å². The number of fused-ring (bicyclic) bond motifs is 3. The summed E-state index contributed by atoms with van der Waals surface area (Å²) in [6, 6.07) is 5.37. The monoisotopic (exact) mass is 379 g/mol. The number of nitrogens with zero attached hydrogens (tertiary/aromatic N) is 4. The van der Waals surface area contributed by atoms with Gasteiger partial charge in [0.05, 0.1) is 20.3 Å². The molecule has 0 unspecified atom stereocenters. The second-order valence-electron chi connectivity index (χ2n) is 5.42. The first kappa shape index (κ1) is 15.7. The lowest BCUT2D eigenvalue weighted by molar-refractivity contribution is 0.584. The predicted molar refractivity (Wildman–Crippen MR) is 96.7 cm³/mol.